The summed E-state index contributed by atoms with van der Waals surface area (Å²) < 4.78 is 0. The van der Waals surface area contributed by atoms with Crippen LogP contribution in [0.2, 0.25) is 0 Å². The number of aromatic nitrogens is 2. The Morgan fingerprint density at radius 1 is 1.33 bits per heavy atom. The molecule has 0 saturated carbocycles. The van der Waals surface area contributed by atoms with Gasteiger partial charge in [-0.25, -0.2) is 0 Å². The van der Waals surface area contributed by atoms with Crippen LogP contribution in [0.1, 0.15) is 24.7 Å². The monoisotopic (exact) mass is 292 g/mol. The molecule has 0 aromatic carbocycles. The summed E-state index contributed by atoms with van der Waals surface area (Å²) in [7, 11) is 0. The average Bonchev–Trinajstić information content (AvgIpc) is 2.27. The molecular weight excluding hydrogens is 271 g/mol. The molecule has 1 aliphatic heterocycles. The highest BCUT2D eigenvalue weighted by Gasteiger charge is 2.23. The number of likely N-dealkylation sites (tertiary alicyclic amines) is 1. The summed E-state index contributed by atoms with van der Waals surface area (Å²) in [4.78, 5) is 11.1. The molecule has 0 aliphatic carbocycles. The maximum absolute atomic E-state index is 6.00. The minimum atomic E-state index is 0. The zero-order chi connectivity index (χ0) is 11.5. The van der Waals surface area contributed by atoms with E-state index in [-0.39, 0.29) is 24.8 Å². The Morgan fingerprint density at radius 3 is 2.61 bits per heavy atom. The minimum absolute atomic E-state index is 0. The molecule has 0 radical (unpaired) electrons. The van der Waals surface area contributed by atoms with E-state index in [0.717, 1.165) is 37.4 Å². The molecule has 0 bridgehead atoms. The predicted molar refractivity (Wildman–Crippen MR) is 78.3 cm³/mol. The van der Waals surface area contributed by atoms with Gasteiger partial charge in [0.25, 0.3) is 0 Å². The van der Waals surface area contributed by atoms with Crippen molar-refractivity contribution in [1.82, 2.24) is 14.9 Å². The fraction of sp³-hybridized carbons (Fsp3) is 0.667. The van der Waals surface area contributed by atoms with Crippen molar-refractivity contribution in [3.63, 3.8) is 0 Å². The van der Waals surface area contributed by atoms with Crippen LogP contribution < -0.4 is 5.73 Å². The van der Waals surface area contributed by atoms with Crippen LogP contribution >= 0.6 is 24.8 Å². The fourth-order valence-electron chi connectivity index (χ4n) is 2.12. The number of nitrogens with zero attached hydrogens (tertiary/aromatic N) is 3. The highest BCUT2D eigenvalue weighted by molar-refractivity contribution is 5.85. The van der Waals surface area contributed by atoms with Crippen LogP contribution in [0.3, 0.4) is 0 Å². The van der Waals surface area contributed by atoms with E-state index in [1.807, 2.05) is 19.3 Å². The van der Waals surface area contributed by atoms with Gasteiger partial charge in [0.15, 0.2) is 0 Å². The molecular formula is C12H22Cl2N4. The van der Waals surface area contributed by atoms with E-state index < -0.39 is 0 Å². The summed E-state index contributed by atoms with van der Waals surface area (Å²) >= 11 is 0. The van der Waals surface area contributed by atoms with Crippen molar-refractivity contribution in [1.29, 1.82) is 0 Å². The summed E-state index contributed by atoms with van der Waals surface area (Å²) in [5.74, 6) is 0.576. The molecule has 2 heterocycles. The number of hydrogen-bond acceptors (Lipinski definition) is 4. The molecule has 1 aromatic heterocycles. The third-order valence-electron chi connectivity index (χ3n) is 3.28. The summed E-state index contributed by atoms with van der Waals surface area (Å²) in [6, 6.07) is 0.361. The maximum atomic E-state index is 6.00. The van der Waals surface area contributed by atoms with E-state index in [4.69, 9.17) is 5.73 Å². The van der Waals surface area contributed by atoms with Crippen LogP contribution in [0.15, 0.2) is 12.4 Å². The summed E-state index contributed by atoms with van der Waals surface area (Å²) in [5.41, 5.74) is 8.02. The zero-order valence-electron chi connectivity index (χ0n) is 10.9. The van der Waals surface area contributed by atoms with Crippen molar-refractivity contribution in [2.24, 2.45) is 11.7 Å². The molecule has 1 saturated heterocycles. The summed E-state index contributed by atoms with van der Waals surface area (Å²) in [6.45, 7) is 7.21. The van der Waals surface area contributed by atoms with Crippen molar-refractivity contribution in [3.8, 4) is 0 Å². The lowest BCUT2D eigenvalue weighted by Gasteiger charge is -2.34. The number of nitrogens with two attached hydrogens (primary N) is 1. The summed E-state index contributed by atoms with van der Waals surface area (Å²) in [6.07, 6.45) is 4.78. The SMILES string of the molecule is Cc1cnc(CN2CCC(N)C(C)C2)cn1.Cl.Cl. The Balaban J connectivity index is 0.00000144. The lowest BCUT2D eigenvalue weighted by Crippen LogP contribution is -2.45. The Morgan fingerprint density at radius 2 is 2.06 bits per heavy atom. The van der Waals surface area contributed by atoms with Gasteiger partial charge in [-0.1, -0.05) is 6.92 Å². The fourth-order valence-corrected chi connectivity index (χ4v) is 2.12. The largest absolute Gasteiger partial charge is 0.327 e. The van der Waals surface area contributed by atoms with Crippen LogP contribution in [-0.4, -0.2) is 34.0 Å². The second-order valence-electron chi connectivity index (χ2n) is 4.81. The van der Waals surface area contributed by atoms with Crippen molar-refractivity contribution in [2.45, 2.75) is 32.9 Å². The van der Waals surface area contributed by atoms with Crippen molar-refractivity contribution in [2.75, 3.05) is 13.1 Å². The molecule has 1 fully saturated rings. The Bertz CT molecular complexity index is 344. The molecule has 0 amide bonds. The quantitative estimate of drug-likeness (QED) is 0.903. The number of piperidine rings is 1. The first-order chi connectivity index (χ1) is 7.65. The van der Waals surface area contributed by atoms with Crippen molar-refractivity contribution >= 4 is 24.8 Å². The first-order valence-corrected chi connectivity index (χ1v) is 5.90. The van der Waals surface area contributed by atoms with Gasteiger partial charge in [0, 0.05) is 38.1 Å². The van der Waals surface area contributed by atoms with Gasteiger partial charge in [-0.05, 0) is 19.3 Å². The van der Waals surface area contributed by atoms with Crippen molar-refractivity contribution in [3.05, 3.63) is 23.8 Å². The van der Waals surface area contributed by atoms with Crippen LogP contribution in [0.5, 0.6) is 0 Å². The smallest absolute Gasteiger partial charge is 0.0727 e. The molecule has 104 valence electrons. The lowest BCUT2D eigenvalue weighted by atomic mass is 9.95. The van der Waals surface area contributed by atoms with E-state index in [0.29, 0.717) is 12.0 Å². The van der Waals surface area contributed by atoms with Crippen LogP contribution in [0.25, 0.3) is 0 Å². The van der Waals surface area contributed by atoms with E-state index in [1.165, 1.54) is 0 Å². The third-order valence-corrected chi connectivity index (χ3v) is 3.28. The normalized spacial score (nSPS) is 23.9. The van der Waals surface area contributed by atoms with Gasteiger partial charge in [-0.15, -0.1) is 24.8 Å². The van der Waals surface area contributed by atoms with E-state index in [2.05, 4.69) is 21.8 Å². The van der Waals surface area contributed by atoms with Gasteiger partial charge in [0.2, 0.25) is 0 Å². The van der Waals surface area contributed by atoms with E-state index in [9.17, 15) is 0 Å². The van der Waals surface area contributed by atoms with E-state index >= 15 is 0 Å². The molecule has 4 nitrogen and oxygen atoms in total. The minimum Gasteiger partial charge on any atom is -0.327 e. The van der Waals surface area contributed by atoms with Gasteiger partial charge in [-0.3, -0.25) is 14.9 Å². The standard InChI is InChI=1S/C12H20N4.2ClH/c1-9-7-16(4-3-12(9)13)8-11-6-14-10(2)5-15-11;;/h5-6,9,12H,3-4,7-8,13H2,1-2H3;2*1H. The first kappa shape index (κ1) is 17.6. The Kier molecular flexibility index (Phi) is 7.71. The number of aryl methyl sites for hydroxylation is 1. The Labute approximate surface area is 121 Å². The molecule has 0 spiro atoms. The highest BCUT2D eigenvalue weighted by Crippen LogP contribution is 2.16. The Hall–Kier alpha value is -0.420. The van der Waals surface area contributed by atoms with Gasteiger partial charge in [-0.2, -0.15) is 0 Å². The third kappa shape index (κ3) is 4.69. The first-order valence-electron chi connectivity index (χ1n) is 5.90. The number of hydrogen-bond donors (Lipinski definition) is 1. The second-order valence-corrected chi connectivity index (χ2v) is 4.81. The van der Waals surface area contributed by atoms with E-state index in [1.54, 1.807) is 0 Å². The summed E-state index contributed by atoms with van der Waals surface area (Å²) in [5, 5.41) is 0. The molecule has 18 heavy (non-hydrogen) atoms. The maximum Gasteiger partial charge on any atom is 0.0727 e. The van der Waals surface area contributed by atoms with Crippen LogP contribution in [-0.2, 0) is 6.54 Å². The number of rotatable bonds is 2. The van der Waals surface area contributed by atoms with Crippen LogP contribution in [0, 0.1) is 12.8 Å². The van der Waals surface area contributed by atoms with Gasteiger partial charge >= 0.3 is 0 Å². The zero-order valence-corrected chi connectivity index (χ0v) is 12.5. The average molecular weight is 293 g/mol. The van der Waals surface area contributed by atoms with Gasteiger partial charge < -0.3 is 5.73 Å². The van der Waals surface area contributed by atoms with Gasteiger partial charge in [0.05, 0.1) is 11.4 Å². The van der Waals surface area contributed by atoms with Gasteiger partial charge in [0.1, 0.15) is 0 Å². The second kappa shape index (κ2) is 7.89. The predicted octanol–water partition coefficient (Wildman–Crippen LogP) is 1.80. The molecule has 1 aliphatic rings. The lowest BCUT2D eigenvalue weighted by molar-refractivity contribution is 0.156. The topological polar surface area (TPSA) is 55.0 Å². The number of halogens is 2. The molecule has 1 aromatic rings. The molecule has 2 atom stereocenters. The van der Waals surface area contributed by atoms with Crippen molar-refractivity contribution < 1.29 is 0 Å². The van der Waals surface area contributed by atoms with Crippen LogP contribution in [0.4, 0.5) is 0 Å². The molecule has 2 unspecified atom stereocenters. The molecule has 6 heteroatoms. The highest BCUT2D eigenvalue weighted by atomic mass is 35.5. The molecule has 2 N–H and O–H groups in total. The molecule has 2 rings (SSSR count).